The molecule has 0 saturated heterocycles. The molecular weight excluding hydrogens is 399 g/mol. The van der Waals surface area contributed by atoms with Crippen LogP contribution in [0.4, 0.5) is 0 Å². The molecular formula is C19H12Cl2N6O. The van der Waals surface area contributed by atoms with E-state index < -0.39 is 0 Å². The molecule has 0 aliphatic rings. The Morgan fingerprint density at radius 1 is 0.893 bits per heavy atom. The Balaban J connectivity index is 1.48. The SMILES string of the molecule is Clc1ccc(OCc2nc3c4cnn(-c5ccc(Cl)cc5)c4ncn3n2)cc1. The number of hydrogen-bond acceptors (Lipinski definition) is 5. The Bertz CT molecular complexity index is 1280. The normalized spacial score (nSPS) is 11.4. The first-order valence-corrected chi connectivity index (χ1v) is 9.15. The molecule has 0 aliphatic heterocycles. The second kappa shape index (κ2) is 6.78. The molecule has 28 heavy (non-hydrogen) atoms. The molecule has 0 spiro atoms. The number of ether oxygens (including phenoxy) is 1. The van der Waals surface area contributed by atoms with Crippen molar-refractivity contribution in [3.05, 3.63) is 76.9 Å². The van der Waals surface area contributed by atoms with E-state index in [0.29, 0.717) is 32.9 Å². The monoisotopic (exact) mass is 410 g/mol. The van der Waals surface area contributed by atoms with Gasteiger partial charge in [0.2, 0.25) is 0 Å². The van der Waals surface area contributed by atoms with Crippen molar-refractivity contribution in [3.63, 3.8) is 0 Å². The van der Waals surface area contributed by atoms with Crippen LogP contribution in [0.25, 0.3) is 22.4 Å². The summed E-state index contributed by atoms with van der Waals surface area (Å²) in [5, 5.41) is 11.0. The lowest BCUT2D eigenvalue weighted by atomic mass is 10.3. The molecule has 0 amide bonds. The number of aromatic nitrogens is 6. The van der Waals surface area contributed by atoms with Crippen LogP contribution in [0.2, 0.25) is 10.0 Å². The first kappa shape index (κ1) is 17.0. The minimum absolute atomic E-state index is 0.232. The van der Waals surface area contributed by atoms with Crippen LogP contribution in [0.5, 0.6) is 5.75 Å². The van der Waals surface area contributed by atoms with E-state index in [0.717, 1.165) is 11.1 Å². The van der Waals surface area contributed by atoms with Gasteiger partial charge in [-0.3, -0.25) is 0 Å². The highest BCUT2D eigenvalue weighted by atomic mass is 35.5. The van der Waals surface area contributed by atoms with Crippen LogP contribution in [-0.4, -0.2) is 29.4 Å². The fraction of sp³-hybridized carbons (Fsp3) is 0.0526. The van der Waals surface area contributed by atoms with E-state index in [2.05, 4.69) is 20.2 Å². The van der Waals surface area contributed by atoms with Crippen molar-refractivity contribution in [2.45, 2.75) is 6.61 Å². The molecule has 5 aromatic rings. The molecule has 0 unspecified atom stereocenters. The molecule has 3 aromatic heterocycles. The van der Waals surface area contributed by atoms with Crippen LogP contribution in [0.1, 0.15) is 5.82 Å². The lowest BCUT2D eigenvalue weighted by Crippen LogP contribution is -1.99. The Kier molecular flexibility index (Phi) is 4.11. The Labute approximate surface area is 169 Å². The van der Waals surface area contributed by atoms with Crippen LogP contribution in [-0.2, 0) is 6.61 Å². The highest BCUT2D eigenvalue weighted by Crippen LogP contribution is 2.21. The van der Waals surface area contributed by atoms with Gasteiger partial charge in [-0.15, -0.1) is 5.10 Å². The number of nitrogens with zero attached hydrogens (tertiary/aromatic N) is 6. The zero-order chi connectivity index (χ0) is 19.1. The van der Waals surface area contributed by atoms with Crippen LogP contribution < -0.4 is 4.74 Å². The second-order valence-corrected chi connectivity index (χ2v) is 6.93. The summed E-state index contributed by atoms with van der Waals surface area (Å²) in [6, 6.07) is 14.5. The molecule has 0 aliphatic carbocycles. The molecule has 7 nitrogen and oxygen atoms in total. The summed E-state index contributed by atoms with van der Waals surface area (Å²) in [5.41, 5.74) is 2.22. The maximum Gasteiger partial charge on any atom is 0.189 e. The summed E-state index contributed by atoms with van der Waals surface area (Å²) in [7, 11) is 0. The van der Waals surface area contributed by atoms with Gasteiger partial charge in [-0.1, -0.05) is 23.2 Å². The summed E-state index contributed by atoms with van der Waals surface area (Å²) in [4.78, 5) is 9.06. The van der Waals surface area contributed by atoms with E-state index in [1.54, 1.807) is 46.0 Å². The van der Waals surface area contributed by atoms with Gasteiger partial charge in [0.15, 0.2) is 17.1 Å². The van der Waals surface area contributed by atoms with Crippen molar-refractivity contribution in [3.8, 4) is 11.4 Å². The first-order valence-electron chi connectivity index (χ1n) is 8.40. The highest BCUT2D eigenvalue weighted by molar-refractivity contribution is 6.30. The average molecular weight is 411 g/mol. The Morgan fingerprint density at radius 3 is 2.36 bits per heavy atom. The van der Waals surface area contributed by atoms with Gasteiger partial charge < -0.3 is 4.74 Å². The molecule has 0 radical (unpaired) electrons. The lowest BCUT2D eigenvalue weighted by Gasteiger charge is -2.02. The van der Waals surface area contributed by atoms with Crippen LogP contribution in [0.3, 0.4) is 0 Å². The molecule has 0 fully saturated rings. The molecule has 5 rings (SSSR count). The minimum Gasteiger partial charge on any atom is -0.486 e. The predicted octanol–water partition coefficient (Wildman–Crippen LogP) is 4.35. The van der Waals surface area contributed by atoms with Gasteiger partial charge in [0.25, 0.3) is 0 Å². The van der Waals surface area contributed by atoms with Gasteiger partial charge in [0.1, 0.15) is 18.7 Å². The van der Waals surface area contributed by atoms with E-state index in [9.17, 15) is 0 Å². The average Bonchev–Trinajstić information content (AvgIpc) is 3.31. The van der Waals surface area contributed by atoms with E-state index in [4.69, 9.17) is 27.9 Å². The summed E-state index contributed by atoms with van der Waals surface area (Å²) in [6.07, 6.45) is 3.34. The van der Waals surface area contributed by atoms with Crippen LogP contribution in [0, 0.1) is 0 Å². The third kappa shape index (κ3) is 3.04. The van der Waals surface area contributed by atoms with E-state index in [1.807, 2.05) is 24.3 Å². The van der Waals surface area contributed by atoms with Crippen molar-refractivity contribution in [1.82, 2.24) is 29.4 Å². The Hall–Kier alpha value is -3.16. The van der Waals surface area contributed by atoms with Gasteiger partial charge in [-0.05, 0) is 48.5 Å². The quantitative estimate of drug-likeness (QED) is 0.440. The third-order valence-electron chi connectivity index (χ3n) is 4.20. The number of hydrogen-bond donors (Lipinski definition) is 0. The zero-order valence-electron chi connectivity index (χ0n) is 14.3. The van der Waals surface area contributed by atoms with E-state index in [-0.39, 0.29) is 6.61 Å². The van der Waals surface area contributed by atoms with Crippen molar-refractivity contribution in [2.24, 2.45) is 0 Å². The molecule has 0 bridgehead atoms. The van der Waals surface area contributed by atoms with E-state index in [1.165, 1.54) is 0 Å². The van der Waals surface area contributed by atoms with E-state index >= 15 is 0 Å². The number of rotatable bonds is 4. The van der Waals surface area contributed by atoms with Crippen LogP contribution >= 0.6 is 23.2 Å². The van der Waals surface area contributed by atoms with Crippen molar-refractivity contribution < 1.29 is 4.74 Å². The Morgan fingerprint density at radius 2 is 1.61 bits per heavy atom. The maximum atomic E-state index is 5.97. The minimum atomic E-state index is 0.232. The molecule has 0 saturated carbocycles. The fourth-order valence-electron chi connectivity index (χ4n) is 2.88. The predicted molar refractivity (Wildman–Crippen MR) is 106 cm³/mol. The van der Waals surface area contributed by atoms with Gasteiger partial charge in [-0.2, -0.15) is 5.10 Å². The lowest BCUT2D eigenvalue weighted by molar-refractivity contribution is 0.296. The summed E-state index contributed by atoms with van der Waals surface area (Å²) in [5.74, 6) is 1.24. The smallest absolute Gasteiger partial charge is 0.189 e. The first-order chi connectivity index (χ1) is 13.7. The second-order valence-electron chi connectivity index (χ2n) is 6.05. The molecule has 0 N–H and O–H groups in total. The standard InChI is InChI=1S/C19H12Cl2N6O/c20-12-1-5-14(6-2-12)27-18-16(9-23-27)19-24-17(25-26(19)11-22-18)10-28-15-7-3-13(21)4-8-15/h1-9,11H,10H2. The molecule has 3 heterocycles. The van der Waals surface area contributed by atoms with Crippen LogP contribution in [0.15, 0.2) is 61.1 Å². The number of fused-ring (bicyclic) bond motifs is 3. The van der Waals surface area contributed by atoms with Crippen molar-refractivity contribution in [2.75, 3.05) is 0 Å². The molecule has 9 heteroatoms. The zero-order valence-corrected chi connectivity index (χ0v) is 15.8. The summed E-state index contributed by atoms with van der Waals surface area (Å²) >= 11 is 11.9. The third-order valence-corrected chi connectivity index (χ3v) is 4.71. The van der Waals surface area contributed by atoms with Gasteiger partial charge >= 0.3 is 0 Å². The largest absolute Gasteiger partial charge is 0.486 e. The van der Waals surface area contributed by atoms with Crippen molar-refractivity contribution in [1.29, 1.82) is 0 Å². The number of halogens is 2. The molecule has 138 valence electrons. The van der Waals surface area contributed by atoms with Gasteiger partial charge in [-0.25, -0.2) is 19.2 Å². The molecule has 2 aromatic carbocycles. The maximum absolute atomic E-state index is 5.97. The number of benzene rings is 2. The van der Waals surface area contributed by atoms with Crippen molar-refractivity contribution >= 4 is 39.9 Å². The van der Waals surface area contributed by atoms with Gasteiger partial charge in [0, 0.05) is 10.0 Å². The fourth-order valence-corrected chi connectivity index (χ4v) is 3.13. The summed E-state index contributed by atoms with van der Waals surface area (Å²) < 4.78 is 9.09. The molecule has 0 atom stereocenters. The highest BCUT2D eigenvalue weighted by Gasteiger charge is 2.14. The van der Waals surface area contributed by atoms with Gasteiger partial charge in [0.05, 0.1) is 17.3 Å². The topological polar surface area (TPSA) is 70.1 Å². The summed E-state index contributed by atoms with van der Waals surface area (Å²) in [6.45, 7) is 0.232.